The van der Waals surface area contributed by atoms with Crippen LogP contribution in [0.4, 0.5) is 5.69 Å². The fourth-order valence-electron chi connectivity index (χ4n) is 1.37. The Balaban J connectivity index is 2.41. The molecule has 0 unspecified atom stereocenters. The molecule has 0 bridgehead atoms. The molecule has 1 aromatic rings. The fraction of sp³-hybridized carbons (Fsp3) is 0.357. The lowest BCUT2D eigenvalue weighted by atomic mass is 9.93. The summed E-state index contributed by atoms with van der Waals surface area (Å²) in [4.78, 5) is 34.5. The average Bonchev–Trinajstić information content (AvgIpc) is 2.43. The first kappa shape index (κ1) is 16.5. The third-order valence-electron chi connectivity index (χ3n) is 2.98. The van der Waals surface area contributed by atoms with E-state index in [2.05, 4.69) is 10.6 Å². The van der Waals surface area contributed by atoms with E-state index in [1.807, 2.05) is 0 Å². The van der Waals surface area contributed by atoms with Crippen LogP contribution in [0.2, 0.25) is 0 Å². The third-order valence-corrected chi connectivity index (χ3v) is 2.98. The summed E-state index contributed by atoms with van der Waals surface area (Å²) >= 11 is 0. The number of primary amides is 1. The Morgan fingerprint density at radius 1 is 1.10 bits per heavy atom. The molecule has 0 radical (unpaired) electrons. The molecule has 0 aliphatic rings. The molecule has 0 saturated carbocycles. The number of benzene rings is 1. The molecular formula is C14H20N4O3. The molecule has 0 saturated heterocycles. The molecular weight excluding hydrogens is 272 g/mol. The average molecular weight is 292 g/mol. The van der Waals surface area contributed by atoms with E-state index in [0.717, 1.165) is 0 Å². The summed E-state index contributed by atoms with van der Waals surface area (Å²) < 4.78 is 0. The van der Waals surface area contributed by atoms with Gasteiger partial charge >= 0.3 is 0 Å². The zero-order valence-electron chi connectivity index (χ0n) is 12.1. The number of rotatable bonds is 6. The molecule has 1 aromatic carbocycles. The van der Waals surface area contributed by atoms with Crippen molar-refractivity contribution >= 4 is 23.4 Å². The highest BCUT2D eigenvalue weighted by Gasteiger charge is 2.25. The molecule has 6 N–H and O–H groups in total. The minimum absolute atomic E-state index is 0.110. The Hall–Kier alpha value is -2.57. The second kappa shape index (κ2) is 6.74. The molecule has 114 valence electrons. The molecule has 0 fully saturated rings. The van der Waals surface area contributed by atoms with Gasteiger partial charge in [0.2, 0.25) is 11.8 Å². The maximum atomic E-state index is 11.8. The van der Waals surface area contributed by atoms with Gasteiger partial charge in [0.05, 0.1) is 12.0 Å². The van der Waals surface area contributed by atoms with Crippen molar-refractivity contribution in [1.29, 1.82) is 0 Å². The molecule has 0 aliphatic heterocycles. The van der Waals surface area contributed by atoms with Crippen molar-refractivity contribution in [3.63, 3.8) is 0 Å². The van der Waals surface area contributed by atoms with Crippen LogP contribution in [0.5, 0.6) is 0 Å². The van der Waals surface area contributed by atoms with Crippen molar-refractivity contribution in [1.82, 2.24) is 10.6 Å². The number of amides is 3. The predicted molar refractivity (Wildman–Crippen MR) is 79.2 cm³/mol. The van der Waals surface area contributed by atoms with Gasteiger partial charge < -0.3 is 22.1 Å². The van der Waals surface area contributed by atoms with Crippen LogP contribution in [-0.2, 0) is 9.59 Å². The first-order valence-corrected chi connectivity index (χ1v) is 6.43. The van der Waals surface area contributed by atoms with E-state index in [1.165, 1.54) is 0 Å². The molecule has 7 heteroatoms. The van der Waals surface area contributed by atoms with Crippen LogP contribution >= 0.6 is 0 Å². The number of nitrogens with one attached hydrogen (secondary N) is 2. The lowest BCUT2D eigenvalue weighted by Gasteiger charge is -2.20. The summed E-state index contributed by atoms with van der Waals surface area (Å²) in [5.41, 5.74) is 10.8. The standard InChI is InChI=1S/C14H20N4O3/c1-14(2,13(16)21)8-18-11(19)7-17-12(20)9-3-5-10(15)6-4-9/h3-6H,7-8,15H2,1-2H3,(H2,16,21)(H,17,20)(H,18,19). The molecule has 21 heavy (non-hydrogen) atoms. The Labute approximate surface area is 123 Å². The Morgan fingerprint density at radius 2 is 1.67 bits per heavy atom. The quantitative estimate of drug-likeness (QED) is 0.533. The highest BCUT2D eigenvalue weighted by molar-refractivity contribution is 5.96. The van der Waals surface area contributed by atoms with Crippen LogP contribution in [0, 0.1) is 5.41 Å². The van der Waals surface area contributed by atoms with Crippen LogP contribution in [0.15, 0.2) is 24.3 Å². The van der Waals surface area contributed by atoms with Gasteiger partial charge in [0.1, 0.15) is 0 Å². The normalized spacial score (nSPS) is 10.8. The predicted octanol–water partition coefficient (Wildman–Crippen LogP) is -0.374. The van der Waals surface area contributed by atoms with Gasteiger partial charge in [0, 0.05) is 17.8 Å². The number of hydrogen-bond acceptors (Lipinski definition) is 4. The lowest BCUT2D eigenvalue weighted by Crippen LogP contribution is -2.45. The summed E-state index contributed by atoms with van der Waals surface area (Å²) in [6.45, 7) is 3.18. The lowest BCUT2D eigenvalue weighted by molar-refractivity contribution is -0.126. The minimum atomic E-state index is -0.837. The molecule has 0 atom stereocenters. The van der Waals surface area contributed by atoms with Crippen LogP contribution < -0.4 is 22.1 Å². The SMILES string of the molecule is CC(C)(CNC(=O)CNC(=O)c1ccc(N)cc1)C(N)=O. The van der Waals surface area contributed by atoms with Crippen LogP contribution in [0.1, 0.15) is 24.2 Å². The van der Waals surface area contributed by atoms with E-state index in [9.17, 15) is 14.4 Å². The summed E-state index contributed by atoms with van der Waals surface area (Å²) in [7, 11) is 0. The van der Waals surface area contributed by atoms with Gasteiger partial charge in [-0.2, -0.15) is 0 Å². The Kier molecular flexibility index (Phi) is 5.29. The molecule has 1 rings (SSSR count). The van der Waals surface area contributed by atoms with E-state index in [-0.39, 0.29) is 19.0 Å². The van der Waals surface area contributed by atoms with Crippen molar-refractivity contribution in [3.8, 4) is 0 Å². The second-order valence-corrected chi connectivity index (χ2v) is 5.33. The number of nitrogens with two attached hydrogens (primary N) is 2. The van der Waals surface area contributed by atoms with E-state index in [1.54, 1.807) is 38.1 Å². The van der Waals surface area contributed by atoms with E-state index >= 15 is 0 Å². The van der Waals surface area contributed by atoms with Gasteiger partial charge in [-0.05, 0) is 38.1 Å². The fourth-order valence-corrected chi connectivity index (χ4v) is 1.37. The Bertz CT molecular complexity index is 538. The highest BCUT2D eigenvalue weighted by Crippen LogP contribution is 2.11. The van der Waals surface area contributed by atoms with Gasteiger partial charge in [0.15, 0.2) is 0 Å². The van der Waals surface area contributed by atoms with Gasteiger partial charge in [0.25, 0.3) is 5.91 Å². The maximum Gasteiger partial charge on any atom is 0.251 e. The molecule has 0 heterocycles. The zero-order valence-corrected chi connectivity index (χ0v) is 12.1. The van der Waals surface area contributed by atoms with Crippen molar-refractivity contribution < 1.29 is 14.4 Å². The van der Waals surface area contributed by atoms with Crippen molar-refractivity contribution in [2.45, 2.75) is 13.8 Å². The maximum absolute atomic E-state index is 11.8. The minimum Gasteiger partial charge on any atom is -0.399 e. The summed E-state index contributed by atoms with van der Waals surface area (Å²) in [6, 6.07) is 6.34. The van der Waals surface area contributed by atoms with Crippen LogP contribution in [-0.4, -0.2) is 30.8 Å². The zero-order chi connectivity index (χ0) is 16.0. The molecule has 3 amide bonds. The summed E-state index contributed by atoms with van der Waals surface area (Å²) in [6.07, 6.45) is 0. The third kappa shape index (κ3) is 5.13. The van der Waals surface area contributed by atoms with Gasteiger partial charge in [-0.25, -0.2) is 0 Å². The van der Waals surface area contributed by atoms with Gasteiger partial charge in [-0.15, -0.1) is 0 Å². The second-order valence-electron chi connectivity index (χ2n) is 5.33. The topological polar surface area (TPSA) is 127 Å². The van der Waals surface area contributed by atoms with E-state index < -0.39 is 17.2 Å². The van der Waals surface area contributed by atoms with E-state index in [0.29, 0.717) is 11.3 Å². The monoisotopic (exact) mass is 292 g/mol. The first-order valence-electron chi connectivity index (χ1n) is 6.43. The van der Waals surface area contributed by atoms with E-state index in [4.69, 9.17) is 11.5 Å². The van der Waals surface area contributed by atoms with Crippen molar-refractivity contribution in [3.05, 3.63) is 29.8 Å². The number of carbonyl (C=O) groups is 3. The highest BCUT2D eigenvalue weighted by atomic mass is 16.2. The molecule has 0 aromatic heterocycles. The smallest absolute Gasteiger partial charge is 0.251 e. The Morgan fingerprint density at radius 3 is 2.19 bits per heavy atom. The summed E-state index contributed by atoms with van der Waals surface area (Å²) in [5.74, 6) is -1.28. The molecule has 0 aliphatic carbocycles. The molecule has 7 nitrogen and oxygen atoms in total. The van der Waals surface area contributed by atoms with Crippen LogP contribution in [0.3, 0.4) is 0 Å². The number of carbonyl (C=O) groups excluding carboxylic acids is 3. The number of nitrogen functional groups attached to an aromatic ring is 1. The van der Waals surface area contributed by atoms with Gasteiger partial charge in [-0.3, -0.25) is 14.4 Å². The number of hydrogen-bond donors (Lipinski definition) is 4. The van der Waals surface area contributed by atoms with Crippen LogP contribution in [0.25, 0.3) is 0 Å². The van der Waals surface area contributed by atoms with Crippen molar-refractivity contribution in [2.75, 3.05) is 18.8 Å². The van der Waals surface area contributed by atoms with Crippen molar-refractivity contribution in [2.24, 2.45) is 11.1 Å². The summed E-state index contributed by atoms with van der Waals surface area (Å²) in [5, 5.41) is 5.02. The molecule has 0 spiro atoms. The van der Waals surface area contributed by atoms with Gasteiger partial charge in [-0.1, -0.05) is 0 Å². The number of anilines is 1. The first-order chi connectivity index (χ1) is 9.72. The largest absolute Gasteiger partial charge is 0.399 e.